The first-order valence-corrected chi connectivity index (χ1v) is 5.88. The number of likely N-dealkylation sites (N-methyl/N-ethyl adjacent to an activating group) is 1. The van der Waals surface area contributed by atoms with E-state index in [-0.39, 0.29) is 11.6 Å². The SMILES string of the molecule is CC#CCC(O)C1(N(C)C)CCCCC1. The van der Waals surface area contributed by atoms with Crippen molar-refractivity contribution in [3.8, 4) is 11.8 Å². The maximum Gasteiger partial charge on any atom is 0.0832 e. The minimum atomic E-state index is -0.305. The third-order valence-corrected chi connectivity index (χ3v) is 3.70. The van der Waals surface area contributed by atoms with Gasteiger partial charge in [-0.3, -0.25) is 0 Å². The standard InChI is InChI=1S/C13H23NO/c1-4-5-9-12(15)13(14(2)3)10-7-6-8-11-13/h12,15H,6-11H2,1-3H3. The Labute approximate surface area is 93.7 Å². The molecule has 2 nitrogen and oxygen atoms in total. The number of nitrogens with zero attached hydrogens (tertiary/aromatic N) is 1. The molecule has 15 heavy (non-hydrogen) atoms. The molecule has 0 spiro atoms. The molecule has 0 saturated heterocycles. The second-order valence-corrected chi connectivity index (χ2v) is 4.71. The molecule has 1 aliphatic carbocycles. The Kier molecular flexibility index (Phi) is 4.63. The number of aliphatic hydroxyl groups is 1. The van der Waals surface area contributed by atoms with E-state index in [0.29, 0.717) is 6.42 Å². The normalized spacial score (nSPS) is 21.9. The minimum Gasteiger partial charge on any atom is -0.390 e. The maximum atomic E-state index is 10.3. The Balaban J connectivity index is 2.73. The second-order valence-electron chi connectivity index (χ2n) is 4.71. The van der Waals surface area contributed by atoms with Crippen molar-refractivity contribution in [1.29, 1.82) is 0 Å². The molecule has 0 aliphatic heterocycles. The summed E-state index contributed by atoms with van der Waals surface area (Å²) in [7, 11) is 4.15. The summed E-state index contributed by atoms with van der Waals surface area (Å²) in [4.78, 5) is 2.20. The topological polar surface area (TPSA) is 23.5 Å². The van der Waals surface area contributed by atoms with Crippen LogP contribution in [-0.4, -0.2) is 35.7 Å². The van der Waals surface area contributed by atoms with Crippen LogP contribution < -0.4 is 0 Å². The molecule has 1 rings (SSSR count). The summed E-state index contributed by atoms with van der Waals surface area (Å²) >= 11 is 0. The molecule has 0 heterocycles. The van der Waals surface area contributed by atoms with Crippen LogP contribution in [0.5, 0.6) is 0 Å². The van der Waals surface area contributed by atoms with Crippen molar-refractivity contribution >= 4 is 0 Å². The van der Waals surface area contributed by atoms with Gasteiger partial charge >= 0.3 is 0 Å². The van der Waals surface area contributed by atoms with Gasteiger partial charge in [0.15, 0.2) is 0 Å². The van der Waals surface area contributed by atoms with E-state index in [1.54, 1.807) is 0 Å². The quantitative estimate of drug-likeness (QED) is 0.719. The average molecular weight is 209 g/mol. The fourth-order valence-corrected chi connectivity index (χ4v) is 2.63. The Bertz CT molecular complexity index is 243. The van der Waals surface area contributed by atoms with E-state index in [1.807, 2.05) is 6.92 Å². The van der Waals surface area contributed by atoms with E-state index in [1.165, 1.54) is 19.3 Å². The largest absolute Gasteiger partial charge is 0.390 e. The molecule has 1 fully saturated rings. The Morgan fingerprint density at radius 3 is 2.33 bits per heavy atom. The van der Waals surface area contributed by atoms with Crippen molar-refractivity contribution in [2.24, 2.45) is 0 Å². The number of rotatable bonds is 3. The first-order chi connectivity index (χ1) is 7.13. The molecule has 1 N–H and O–H groups in total. The molecule has 0 radical (unpaired) electrons. The molecule has 2 heteroatoms. The zero-order chi connectivity index (χ0) is 11.3. The van der Waals surface area contributed by atoms with Crippen LogP contribution in [0.2, 0.25) is 0 Å². The monoisotopic (exact) mass is 209 g/mol. The van der Waals surface area contributed by atoms with E-state index >= 15 is 0 Å². The highest BCUT2D eigenvalue weighted by Gasteiger charge is 2.40. The van der Waals surface area contributed by atoms with Gasteiger partial charge in [0.1, 0.15) is 0 Å². The van der Waals surface area contributed by atoms with Crippen molar-refractivity contribution < 1.29 is 5.11 Å². The molecule has 1 saturated carbocycles. The highest BCUT2D eigenvalue weighted by Crippen LogP contribution is 2.36. The second kappa shape index (κ2) is 5.53. The molecular formula is C13H23NO. The highest BCUT2D eigenvalue weighted by atomic mass is 16.3. The Morgan fingerprint density at radius 2 is 1.87 bits per heavy atom. The molecular weight excluding hydrogens is 186 g/mol. The molecule has 86 valence electrons. The third-order valence-electron chi connectivity index (χ3n) is 3.70. The zero-order valence-corrected chi connectivity index (χ0v) is 10.2. The lowest BCUT2D eigenvalue weighted by Crippen LogP contribution is -2.54. The van der Waals surface area contributed by atoms with Gasteiger partial charge in [0.25, 0.3) is 0 Å². The van der Waals surface area contributed by atoms with E-state index in [2.05, 4.69) is 30.8 Å². The summed E-state index contributed by atoms with van der Waals surface area (Å²) in [6, 6.07) is 0. The lowest BCUT2D eigenvalue weighted by Gasteiger charge is -2.46. The van der Waals surface area contributed by atoms with Crippen LogP contribution in [0.15, 0.2) is 0 Å². The van der Waals surface area contributed by atoms with Crippen LogP contribution in [0.1, 0.15) is 45.4 Å². The van der Waals surface area contributed by atoms with Gasteiger partial charge in [-0.2, -0.15) is 0 Å². The van der Waals surface area contributed by atoms with Gasteiger partial charge in [-0.1, -0.05) is 19.3 Å². The zero-order valence-electron chi connectivity index (χ0n) is 10.2. The van der Waals surface area contributed by atoms with Crippen molar-refractivity contribution in [1.82, 2.24) is 4.90 Å². The van der Waals surface area contributed by atoms with Crippen LogP contribution in [0.3, 0.4) is 0 Å². The molecule has 0 aromatic rings. The summed E-state index contributed by atoms with van der Waals surface area (Å²) in [5.41, 5.74) is -0.0257. The van der Waals surface area contributed by atoms with Crippen molar-refractivity contribution in [2.45, 2.75) is 57.1 Å². The van der Waals surface area contributed by atoms with Gasteiger partial charge in [-0.15, -0.1) is 11.8 Å². The van der Waals surface area contributed by atoms with E-state index in [9.17, 15) is 5.11 Å². The van der Waals surface area contributed by atoms with Crippen molar-refractivity contribution in [3.63, 3.8) is 0 Å². The summed E-state index contributed by atoms with van der Waals surface area (Å²) in [5.74, 6) is 5.86. The molecule has 0 aromatic carbocycles. The van der Waals surface area contributed by atoms with E-state index in [0.717, 1.165) is 12.8 Å². The summed E-state index contributed by atoms with van der Waals surface area (Å²) in [5, 5.41) is 10.3. The molecule has 0 bridgehead atoms. The fourth-order valence-electron chi connectivity index (χ4n) is 2.63. The first kappa shape index (κ1) is 12.5. The molecule has 1 aliphatic rings. The van der Waals surface area contributed by atoms with E-state index < -0.39 is 0 Å². The average Bonchev–Trinajstić information content (AvgIpc) is 2.26. The molecule has 0 aromatic heterocycles. The van der Waals surface area contributed by atoms with Crippen molar-refractivity contribution in [2.75, 3.05) is 14.1 Å². The Morgan fingerprint density at radius 1 is 1.27 bits per heavy atom. The fraction of sp³-hybridized carbons (Fsp3) is 0.846. The molecule has 1 atom stereocenters. The minimum absolute atomic E-state index is 0.0257. The van der Waals surface area contributed by atoms with Crippen LogP contribution >= 0.6 is 0 Å². The summed E-state index contributed by atoms with van der Waals surface area (Å²) in [6.45, 7) is 1.83. The van der Waals surface area contributed by atoms with Crippen LogP contribution in [0.4, 0.5) is 0 Å². The van der Waals surface area contributed by atoms with Gasteiger partial charge in [0.2, 0.25) is 0 Å². The highest BCUT2D eigenvalue weighted by molar-refractivity contribution is 5.04. The number of aliphatic hydroxyl groups excluding tert-OH is 1. The van der Waals surface area contributed by atoms with E-state index in [4.69, 9.17) is 0 Å². The van der Waals surface area contributed by atoms with Crippen LogP contribution in [0.25, 0.3) is 0 Å². The smallest absolute Gasteiger partial charge is 0.0832 e. The van der Waals surface area contributed by atoms with Gasteiger partial charge in [-0.05, 0) is 33.9 Å². The molecule has 0 amide bonds. The Hall–Kier alpha value is -0.520. The van der Waals surface area contributed by atoms with Gasteiger partial charge < -0.3 is 10.0 Å². The lowest BCUT2D eigenvalue weighted by atomic mass is 9.75. The first-order valence-electron chi connectivity index (χ1n) is 5.88. The predicted octanol–water partition coefficient (Wildman–Crippen LogP) is 2.03. The summed E-state index contributed by atoms with van der Waals surface area (Å²) in [6.07, 6.45) is 6.28. The van der Waals surface area contributed by atoms with Crippen LogP contribution in [0, 0.1) is 11.8 Å². The molecule has 1 unspecified atom stereocenters. The predicted molar refractivity (Wildman–Crippen MR) is 63.6 cm³/mol. The van der Waals surface area contributed by atoms with Gasteiger partial charge in [0, 0.05) is 12.0 Å². The number of hydrogen-bond acceptors (Lipinski definition) is 2. The summed E-state index contributed by atoms with van der Waals surface area (Å²) < 4.78 is 0. The van der Waals surface area contributed by atoms with Gasteiger partial charge in [-0.25, -0.2) is 0 Å². The maximum absolute atomic E-state index is 10.3. The van der Waals surface area contributed by atoms with Gasteiger partial charge in [0.05, 0.1) is 6.10 Å². The number of hydrogen-bond donors (Lipinski definition) is 1. The van der Waals surface area contributed by atoms with Crippen molar-refractivity contribution in [3.05, 3.63) is 0 Å². The van der Waals surface area contributed by atoms with Crippen LogP contribution in [-0.2, 0) is 0 Å². The lowest BCUT2D eigenvalue weighted by molar-refractivity contribution is -0.0286. The third kappa shape index (κ3) is 2.74.